The molecule has 2 aliphatic carbocycles. The van der Waals surface area contributed by atoms with Gasteiger partial charge in [0.05, 0.1) is 18.1 Å². The highest BCUT2D eigenvalue weighted by Gasteiger charge is 2.59. The minimum absolute atomic E-state index is 0.00274. The second-order valence-corrected chi connectivity index (χ2v) is 21.5. The van der Waals surface area contributed by atoms with E-state index in [1.54, 1.807) is 19.1 Å². The number of hydrogen-bond donors (Lipinski definition) is 2. The number of alkyl halides is 2. The zero-order valence-corrected chi connectivity index (χ0v) is 38.5. The van der Waals surface area contributed by atoms with Crippen molar-refractivity contribution in [1.82, 2.24) is 25.1 Å². The number of ether oxygens (including phenoxy) is 1. The van der Waals surface area contributed by atoms with Crippen LogP contribution in [0.2, 0.25) is 0 Å². The first-order valence-corrected chi connectivity index (χ1v) is 25.5. The Bertz CT molecular complexity index is 2200. The van der Waals surface area contributed by atoms with E-state index in [1.165, 1.54) is 36.0 Å². The highest BCUT2D eigenvalue weighted by atomic mass is 32.1. The van der Waals surface area contributed by atoms with Crippen molar-refractivity contribution in [2.24, 2.45) is 0 Å². The number of thiophene rings is 1. The number of rotatable bonds is 16. The number of nitrogens with one attached hydrogen (secondary N) is 2. The van der Waals surface area contributed by atoms with E-state index in [1.807, 2.05) is 30.0 Å². The molecule has 3 saturated heterocycles. The van der Waals surface area contributed by atoms with Crippen LogP contribution in [0.1, 0.15) is 131 Å². The van der Waals surface area contributed by atoms with Gasteiger partial charge in [0.25, 0.3) is 5.91 Å². The van der Waals surface area contributed by atoms with Gasteiger partial charge in [0, 0.05) is 40.8 Å². The third kappa shape index (κ3) is 9.37. The van der Waals surface area contributed by atoms with E-state index < -0.39 is 49.6 Å². The highest BCUT2D eigenvalue weighted by Crippen LogP contribution is 2.58. The number of esters is 1. The van der Waals surface area contributed by atoms with Crippen molar-refractivity contribution in [3.8, 4) is 0 Å². The summed E-state index contributed by atoms with van der Waals surface area (Å²) >= 11 is 1.19. The number of amides is 3. The van der Waals surface area contributed by atoms with E-state index in [0.29, 0.717) is 72.9 Å². The molecule has 63 heavy (non-hydrogen) atoms. The van der Waals surface area contributed by atoms with E-state index in [2.05, 4.69) is 39.3 Å². The summed E-state index contributed by atoms with van der Waals surface area (Å²) in [6.45, 7) is 8.44. The van der Waals surface area contributed by atoms with Gasteiger partial charge in [0.1, 0.15) is 24.3 Å². The molecular weight excluding hydrogens is 848 g/mol. The van der Waals surface area contributed by atoms with Gasteiger partial charge >= 0.3 is 13.5 Å². The molecule has 1 unspecified atom stereocenters. The maximum absolute atomic E-state index is 16.2. The van der Waals surface area contributed by atoms with Gasteiger partial charge in [-0.05, 0) is 126 Å². The molecule has 5 aliphatic rings. The lowest BCUT2D eigenvalue weighted by molar-refractivity contribution is -0.148. The number of carbonyl (C=O) groups is 4. The van der Waals surface area contributed by atoms with E-state index >= 15 is 4.39 Å². The summed E-state index contributed by atoms with van der Waals surface area (Å²) in [7, 11) is -4.26. The van der Waals surface area contributed by atoms with E-state index in [0.717, 1.165) is 25.8 Å². The molecule has 3 amide bonds. The molecule has 2 N–H and O–H groups in total. The van der Waals surface area contributed by atoms with Gasteiger partial charge in [-0.15, -0.1) is 11.3 Å². The molecule has 1 aromatic heterocycles. The Morgan fingerprint density at radius 2 is 1.76 bits per heavy atom. The molecular formula is C47H62F2N5O7PS. The summed E-state index contributed by atoms with van der Waals surface area (Å²) in [5.41, 5.74) is 1.10. The lowest BCUT2D eigenvalue weighted by Crippen LogP contribution is -2.60. The lowest BCUT2D eigenvalue weighted by Gasteiger charge is -2.47. The number of likely N-dealkylation sites (tertiary alicyclic amines) is 1. The Morgan fingerprint density at radius 1 is 1.00 bits per heavy atom. The van der Waals surface area contributed by atoms with Crippen LogP contribution < -0.4 is 10.4 Å². The van der Waals surface area contributed by atoms with Crippen molar-refractivity contribution in [3.05, 3.63) is 70.6 Å². The van der Waals surface area contributed by atoms with Gasteiger partial charge in [0.2, 0.25) is 17.7 Å². The third-order valence-corrected chi connectivity index (χ3v) is 17.5. The summed E-state index contributed by atoms with van der Waals surface area (Å²) in [5, 5.41) is 6.16. The van der Waals surface area contributed by atoms with Crippen molar-refractivity contribution >= 4 is 52.6 Å². The van der Waals surface area contributed by atoms with Crippen LogP contribution in [0.5, 0.6) is 0 Å². The van der Waals surface area contributed by atoms with Crippen molar-refractivity contribution in [1.29, 1.82) is 0 Å². The van der Waals surface area contributed by atoms with Crippen molar-refractivity contribution in [3.63, 3.8) is 0 Å². The molecule has 12 nitrogen and oxygen atoms in total. The maximum Gasteiger partial charge on any atom is 0.323 e. The fourth-order valence-electron chi connectivity index (χ4n) is 10.7. The molecule has 2 saturated carbocycles. The molecule has 342 valence electrons. The molecule has 5 fully saturated rings. The molecule has 8 atom stereocenters. The van der Waals surface area contributed by atoms with Gasteiger partial charge in [-0.25, -0.2) is 13.9 Å². The van der Waals surface area contributed by atoms with Crippen molar-refractivity contribution < 1.29 is 41.8 Å². The molecule has 2 aromatic carbocycles. The first-order valence-electron chi connectivity index (χ1n) is 23.0. The van der Waals surface area contributed by atoms with Gasteiger partial charge in [-0.3, -0.25) is 28.6 Å². The molecule has 0 bridgehead atoms. The Morgan fingerprint density at radius 3 is 2.44 bits per heavy atom. The summed E-state index contributed by atoms with van der Waals surface area (Å²) in [4.78, 5) is 63.0. The molecule has 3 aromatic rings. The first-order chi connectivity index (χ1) is 30.3. The minimum atomic E-state index is -4.26. The van der Waals surface area contributed by atoms with Gasteiger partial charge in [0.15, 0.2) is 0 Å². The van der Waals surface area contributed by atoms with Crippen LogP contribution in [-0.4, -0.2) is 113 Å². The first kappa shape index (κ1) is 45.8. The van der Waals surface area contributed by atoms with Gasteiger partial charge in [-0.1, -0.05) is 50.2 Å². The topological polar surface area (TPSA) is 138 Å². The second kappa shape index (κ2) is 19.0. The molecule has 0 radical (unpaired) electrons. The van der Waals surface area contributed by atoms with E-state index in [4.69, 9.17) is 9.26 Å². The zero-order valence-electron chi connectivity index (χ0n) is 36.8. The molecule has 16 heteroatoms. The monoisotopic (exact) mass is 909 g/mol. The smallest absolute Gasteiger partial charge is 0.323 e. The normalized spacial score (nSPS) is 28.5. The summed E-state index contributed by atoms with van der Waals surface area (Å²) in [5.74, 6) is -3.27. The van der Waals surface area contributed by atoms with Crippen LogP contribution in [0.25, 0.3) is 10.1 Å². The summed E-state index contributed by atoms with van der Waals surface area (Å²) in [6.07, 6.45) is 6.49. The Balaban J connectivity index is 1.03. The van der Waals surface area contributed by atoms with Gasteiger partial charge < -0.3 is 24.4 Å². The molecule has 4 heterocycles. The number of benzene rings is 2. The number of fused-ring (bicyclic) bond motifs is 2. The van der Waals surface area contributed by atoms with Gasteiger partial charge in [-0.2, -0.15) is 0 Å². The fraction of sp³-hybridized carbons (Fsp3) is 0.617. The molecule has 3 aliphatic heterocycles. The second-order valence-electron chi connectivity index (χ2n) is 18.3. The van der Waals surface area contributed by atoms with Crippen LogP contribution in [-0.2, 0) is 28.2 Å². The van der Waals surface area contributed by atoms with Crippen LogP contribution in [0, 0.1) is 0 Å². The number of halogens is 2. The highest BCUT2D eigenvalue weighted by molar-refractivity contribution is 7.57. The Hall–Kier alpha value is -3.75. The van der Waals surface area contributed by atoms with Crippen LogP contribution in [0.15, 0.2) is 54.6 Å². The lowest BCUT2D eigenvalue weighted by atomic mass is 9.85. The van der Waals surface area contributed by atoms with E-state index in [9.17, 15) is 28.1 Å². The van der Waals surface area contributed by atoms with Crippen LogP contribution >= 0.6 is 18.9 Å². The minimum Gasteiger partial charge on any atom is -0.465 e. The van der Waals surface area contributed by atoms with Crippen LogP contribution in [0.4, 0.5) is 8.78 Å². The third-order valence-electron chi connectivity index (χ3n) is 14.1. The average Bonchev–Trinajstić information content (AvgIpc) is 3.54. The van der Waals surface area contributed by atoms with Crippen LogP contribution in [0.3, 0.4) is 0 Å². The van der Waals surface area contributed by atoms with Crippen molar-refractivity contribution in [2.75, 3.05) is 26.3 Å². The largest absolute Gasteiger partial charge is 0.465 e. The standard InChI is InChI=1S/C47H62F2N5O7PS/c1-5-21-60-46(58)29(4)51-62(59,61-7-3)42(49)31-13-18-40-32(22-31)23-41(63-40)43(55)50-38-16-14-35(52(6-2)37-24-34(48)25-37)26-36-15-17-39(54(36)44(38)56)45(57)53-28-33(27-47(53)19-20-47)30-11-9-8-10-12-30/h8-13,18,22-23,29,33-39,42H,5-7,14-17,19-21,24-28H2,1-4H3,(H,50,55)(H,51,59)/t29-,33+,34?,35-,36+,37?,38-,39-,42+,62?/m0/s1. The Kier molecular flexibility index (Phi) is 13.8. The fourth-order valence-corrected chi connectivity index (χ4v) is 13.6. The predicted octanol–water partition coefficient (Wildman–Crippen LogP) is 8.41. The summed E-state index contributed by atoms with van der Waals surface area (Å²) in [6, 6.07) is 14.0. The quantitative estimate of drug-likeness (QED) is 0.107. The SMILES string of the molecule is CCCOC(=O)[C@H](C)NP(=O)(OCC)[C@@H](F)c1ccc2sc(C(=O)N[C@H]3CC[C@H](N(CC)C4CC(F)C4)C[C@H]4CC[C@@H](C(=O)N5C[C@H](c6ccccc6)CC56CC6)N4C3=O)cc2c1. The predicted molar refractivity (Wildman–Crippen MR) is 239 cm³/mol. The van der Waals surface area contributed by atoms with E-state index in [-0.39, 0.29) is 60.2 Å². The average molecular weight is 910 g/mol. The zero-order chi connectivity index (χ0) is 44.6. The van der Waals surface area contributed by atoms with Crippen molar-refractivity contribution in [2.45, 2.75) is 158 Å². The molecule has 8 rings (SSSR count). The summed E-state index contributed by atoms with van der Waals surface area (Å²) < 4.78 is 55.6. The number of hydrogen-bond acceptors (Lipinski definition) is 9. The number of carbonyl (C=O) groups excluding carboxylic acids is 4. The number of nitrogens with zero attached hydrogens (tertiary/aromatic N) is 3. The Labute approximate surface area is 373 Å². The maximum atomic E-state index is 16.2. The molecule has 1 spiro atoms.